The highest BCUT2D eigenvalue weighted by Gasteiger charge is 2.36. The fourth-order valence-electron chi connectivity index (χ4n) is 2.91. The maximum atomic E-state index is 5.59. The first-order valence-corrected chi connectivity index (χ1v) is 8.31. The van der Waals surface area contributed by atoms with Crippen molar-refractivity contribution >= 4 is 17.6 Å². The van der Waals surface area contributed by atoms with Gasteiger partial charge in [0.1, 0.15) is 11.6 Å². The van der Waals surface area contributed by atoms with E-state index in [2.05, 4.69) is 36.4 Å². The molecule has 2 fully saturated rings. The number of nitrogens with two attached hydrogens (primary N) is 1. The van der Waals surface area contributed by atoms with Gasteiger partial charge in [0.2, 0.25) is 5.95 Å². The van der Waals surface area contributed by atoms with Crippen LogP contribution in [0.2, 0.25) is 0 Å². The van der Waals surface area contributed by atoms with Gasteiger partial charge in [0, 0.05) is 25.0 Å². The molecule has 126 valence electrons. The molecule has 0 amide bonds. The average Bonchev–Trinajstić information content (AvgIpc) is 3.35. The van der Waals surface area contributed by atoms with Crippen molar-refractivity contribution in [3.63, 3.8) is 0 Å². The van der Waals surface area contributed by atoms with Crippen LogP contribution in [0.25, 0.3) is 0 Å². The first-order chi connectivity index (χ1) is 11.8. The second-order valence-electron chi connectivity index (χ2n) is 6.38. The third-order valence-corrected chi connectivity index (χ3v) is 4.40. The van der Waals surface area contributed by atoms with Crippen molar-refractivity contribution in [1.29, 1.82) is 0 Å². The Morgan fingerprint density at radius 2 is 2.08 bits per heavy atom. The van der Waals surface area contributed by atoms with E-state index < -0.39 is 0 Å². The molecule has 2 atom stereocenters. The summed E-state index contributed by atoms with van der Waals surface area (Å²) in [7, 11) is 0. The quantitative estimate of drug-likeness (QED) is 0.536. The van der Waals surface area contributed by atoms with Gasteiger partial charge in [0.25, 0.3) is 0 Å². The first kappa shape index (κ1) is 15.1. The van der Waals surface area contributed by atoms with E-state index in [0.717, 1.165) is 23.7 Å². The molecule has 1 saturated carbocycles. The van der Waals surface area contributed by atoms with Gasteiger partial charge in [-0.3, -0.25) is 5.43 Å². The molecule has 6 N–H and O–H groups in total. The van der Waals surface area contributed by atoms with E-state index in [-0.39, 0.29) is 6.17 Å². The molecule has 2 aromatic heterocycles. The molecule has 1 aliphatic heterocycles. The summed E-state index contributed by atoms with van der Waals surface area (Å²) in [4.78, 5) is 12.8. The van der Waals surface area contributed by atoms with E-state index >= 15 is 0 Å². The zero-order chi connectivity index (χ0) is 16.4. The number of hydrogen-bond donors (Lipinski definition) is 5. The Balaban J connectivity index is 1.32. The number of hydrazine groups is 1. The van der Waals surface area contributed by atoms with Crippen molar-refractivity contribution < 1.29 is 0 Å². The standard InChI is InChI=1S/C16H22N8/c17-13-4-1-10(8-19-13)9-20-16-18-6-5-14(22-16)21-15-7-12(23-24-15)11-2-3-11/h1,4-6,8,11-12,15,23-24H,2-3,7,9H2,(H2,17,19)(H2,18,20,21,22). The van der Waals surface area contributed by atoms with Gasteiger partial charge in [-0.2, -0.15) is 4.98 Å². The molecule has 8 heteroatoms. The van der Waals surface area contributed by atoms with Crippen molar-refractivity contribution in [2.45, 2.75) is 38.0 Å². The molecule has 2 unspecified atom stereocenters. The summed E-state index contributed by atoms with van der Waals surface area (Å²) in [5.74, 6) is 2.74. The van der Waals surface area contributed by atoms with Gasteiger partial charge >= 0.3 is 0 Å². The van der Waals surface area contributed by atoms with Gasteiger partial charge in [0.15, 0.2) is 0 Å². The number of anilines is 3. The SMILES string of the molecule is Nc1ccc(CNc2nccc(NC3CC(C4CC4)NN3)n2)cn1. The molecule has 2 aliphatic rings. The summed E-state index contributed by atoms with van der Waals surface area (Å²) >= 11 is 0. The molecule has 1 saturated heterocycles. The summed E-state index contributed by atoms with van der Waals surface area (Å²) < 4.78 is 0. The lowest BCUT2D eigenvalue weighted by Crippen LogP contribution is -2.37. The van der Waals surface area contributed by atoms with Crippen LogP contribution in [0, 0.1) is 5.92 Å². The average molecular weight is 326 g/mol. The zero-order valence-corrected chi connectivity index (χ0v) is 13.4. The highest BCUT2D eigenvalue weighted by atomic mass is 15.5. The third kappa shape index (κ3) is 3.72. The highest BCUT2D eigenvalue weighted by Crippen LogP contribution is 2.35. The number of nitrogen functional groups attached to an aromatic ring is 1. The predicted molar refractivity (Wildman–Crippen MR) is 92.8 cm³/mol. The molecule has 2 aromatic rings. The molecule has 4 rings (SSSR count). The Hall–Kier alpha value is -2.45. The Morgan fingerprint density at radius 1 is 1.17 bits per heavy atom. The summed E-state index contributed by atoms with van der Waals surface area (Å²) in [5.41, 5.74) is 13.3. The van der Waals surface area contributed by atoms with Gasteiger partial charge in [0.05, 0.1) is 6.17 Å². The summed E-state index contributed by atoms with van der Waals surface area (Å²) in [6.45, 7) is 0.601. The summed E-state index contributed by atoms with van der Waals surface area (Å²) in [6.07, 6.45) is 7.44. The van der Waals surface area contributed by atoms with Crippen molar-refractivity contribution in [3.8, 4) is 0 Å². The smallest absolute Gasteiger partial charge is 0.224 e. The molecule has 8 nitrogen and oxygen atoms in total. The fourth-order valence-corrected chi connectivity index (χ4v) is 2.91. The van der Waals surface area contributed by atoms with Crippen LogP contribution in [0.1, 0.15) is 24.8 Å². The van der Waals surface area contributed by atoms with E-state index in [0.29, 0.717) is 24.4 Å². The zero-order valence-electron chi connectivity index (χ0n) is 13.4. The number of nitrogens with one attached hydrogen (secondary N) is 4. The summed E-state index contributed by atoms with van der Waals surface area (Å²) in [6, 6.07) is 6.16. The maximum absolute atomic E-state index is 5.59. The van der Waals surface area contributed by atoms with E-state index in [1.165, 1.54) is 12.8 Å². The van der Waals surface area contributed by atoms with Crippen molar-refractivity contribution in [1.82, 2.24) is 25.8 Å². The molecule has 24 heavy (non-hydrogen) atoms. The highest BCUT2D eigenvalue weighted by molar-refractivity contribution is 5.41. The Kier molecular flexibility index (Phi) is 4.14. The number of rotatable bonds is 6. The molecule has 0 bridgehead atoms. The van der Waals surface area contributed by atoms with Crippen LogP contribution >= 0.6 is 0 Å². The van der Waals surface area contributed by atoms with Crippen LogP contribution in [0.3, 0.4) is 0 Å². The third-order valence-electron chi connectivity index (χ3n) is 4.40. The van der Waals surface area contributed by atoms with Crippen molar-refractivity contribution in [2.75, 3.05) is 16.4 Å². The first-order valence-electron chi connectivity index (χ1n) is 8.31. The molecule has 0 aromatic carbocycles. The van der Waals surface area contributed by atoms with Gasteiger partial charge in [-0.1, -0.05) is 6.07 Å². The Bertz CT molecular complexity index is 685. The predicted octanol–water partition coefficient (Wildman–Crippen LogP) is 1.08. The Morgan fingerprint density at radius 3 is 2.88 bits per heavy atom. The molecular formula is C16H22N8. The second kappa shape index (κ2) is 6.58. The minimum absolute atomic E-state index is 0.194. The van der Waals surface area contributed by atoms with Crippen molar-refractivity contribution in [3.05, 3.63) is 36.2 Å². The number of pyridine rings is 1. The van der Waals surface area contributed by atoms with Gasteiger partial charge in [-0.05, 0) is 42.9 Å². The molecule has 1 aliphatic carbocycles. The van der Waals surface area contributed by atoms with Gasteiger partial charge < -0.3 is 16.4 Å². The number of hydrogen-bond acceptors (Lipinski definition) is 8. The molecule has 3 heterocycles. The normalized spacial score (nSPS) is 23.2. The van der Waals surface area contributed by atoms with Gasteiger partial charge in [-0.15, -0.1) is 0 Å². The van der Waals surface area contributed by atoms with E-state index in [1.807, 2.05) is 12.1 Å². The minimum atomic E-state index is 0.194. The topological polar surface area (TPSA) is 113 Å². The summed E-state index contributed by atoms with van der Waals surface area (Å²) in [5, 5.41) is 6.61. The lowest BCUT2D eigenvalue weighted by atomic mass is 10.1. The second-order valence-corrected chi connectivity index (χ2v) is 6.38. The van der Waals surface area contributed by atoms with Gasteiger partial charge in [-0.25, -0.2) is 15.4 Å². The van der Waals surface area contributed by atoms with Crippen LogP contribution in [0.4, 0.5) is 17.6 Å². The molecular weight excluding hydrogens is 304 g/mol. The number of nitrogens with zero attached hydrogens (tertiary/aromatic N) is 3. The molecule has 0 spiro atoms. The van der Waals surface area contributed by atoms with Crippen LogP contribution in [0.15, 0.2) is 30.6 Å². The minimum Gasteiger partial charge on any atom is -0.384 e. The van der Waals surface area contributed by atoms with Crippen LogP contribution < -0.4 is 27.2 Å². The Labute approximate surface area is 140 Å². The van der Waals surface area contributed by atoms with Crippen LogP contribution in [0.5, 0.6) is 0 Å². The van der Waals surface area contributed by atoms with E-state index in [4.69, 9.17) is 5.73 Å². The fraction of sp³-hybridized carbons (Fsp3) is 0.438. The van der Waals surface area contributed by atoms with Crippen molar-refractivity contribution in [2.24, 2.45) is 5.92 Å². The number of aromatic nitrogens is 3. The maximum Gasteiger partial charge on any atom is 0.224 e. The lowest BCUT2D eigenvalue weighted by molar-refractivity contribution is 0.502. The lowest BCUT2D eigenvalue weighted by Gasteiger charge is -2.13. The molecule has 0 radical (unpaired) electrons. The van der Waals surface area contributed by atoms with Crippen LogP contribution in [-0.4, -0.2) is 27.2 Å². The monoisotopic (exact) mass is 326 g/mol. The van der Waals surface area contributed by atoms with E-state index in [9.17, 15) is 0 Å². The van der Waals surface area contributed by atoms with Crippen LogP contribution in [-0.2, 0) is 6.54 Å². The van der Waals surface area contributed by atoms with E-state index in [1.54, 1.807) is 18.5 Å². The largest absolute Gasteiger partial charge is 0.384 e.